The number of phenols is 1. The van der Waals surface area contributed by atoms with E-state index in [1.54, 1.807) is 78.1 Å². The van der Waals surface area contributed by atoms with Crippen molar-refractivity contribution < 1.29 is 58.7 Å². The van der Waals surface area contributed by atoms with Gasteiger partial charge < -0.3 is 45.9 Å². The van der Waals surface area contributed by atoms with Gasteiger partial charge in [0.2, 0.25) is 18.5 Å². The molecule has 2 aromatic carbocycles. The number of carbonyl (C=O) groups excluding carboxylic acids is 6. The van der Waals surface area contributed by atoms with Crippen LogP contribution in [0.25, 0.3) is 0 Å². The average molecular weight is 820 g/mol. The van der Waals surface area contributed by atoms with Crippen LogP contribution in [0.4, 0.5) is 16.2 Å². The zero-order chi connectivity index (χ0) is 44.3. The molecule has 0 aliphatic heterocycles. The summed E-state index contributed by atoms with van der Waals surface area (Å²) in [5.74, 6) is -9.55. The molecular weight excluding hydrogens is 766 g/mol. The quantitative estimate of drug-likeness (QED) is 0.0918. The molecule has 7 N–H and O–H groups in total. The highest BCUT2D eigenvalue weighted by atomic mass is 16.7. The Hall–Kier alpha value is -5.94. The zero-order valence-electron chi connectivity index (χ0n) is 34.9. The van der Waals surface area contributed by atoms with Crippen molar-refractivity contribution in [2.75, 3.05) is 51.7 Å². The average Bonchev–Trinajstić information content (AvgIpc) is 3.11. The van der Waals surface area contributed by atoms with Crippen LogP contribution < -0.4 is 16.0 Å². The van der Waals surface area contributed by atoms with E-state index in [0.717, 1.165) is 10.5 Å². The number of aromatic hydroxyl groups is 1. The third-order valence-electron chi connectivity index (χ3n) is 11.1. The first-order valence-corrected chi connectivity index (χ1v) is 19.0. The Bertz CT molecular complexity index is 2180. The SMILES string of the molecule is CN(C)c1cc(NC(=O)CN(C(=O)OCOC(=O)c2ccc(C(C)(C)C)cc2)C(C)(C)C)c(O)c2c1CC1CC3[C@H](N(C)C)C(O)=C(C(N)=O)C(=O)[C@@]3(O)C(O)=C1C2=O. The fraction of sp³-hybridized carbons (Fsp3) is 0.476. The van der Waals surface area contributed by atoms with Gasteiger partial charge in [0, 0.05) is 36.8 Å². The van der Waals surface area contributed by atoms with E-state index in [9.17, 15) is 49.2 Å². The summed E-state index contributed by atoms with van der Waals surface area (Å²) in [5, 5.41) is 48.8. The van der Waals surface area contributed by atoms with Gasteiger partial charge in [-0.3, -0.25) is 29.0 Å². The number of nitrogens with two attached hydrogens (primary N) is 1. The lowest BCUT2D eigenvalue weighted by molar-refractivity contribution is -0.148. The van der Waals surface area contributed by atoms with Crippen LogP contribution in [-0.4, -0.2) is 124 Å². The highest BCUT2D eigenvalue weighted by Crippen LogP contribution is 2.54. The van der Waals surface area contributed by atoms with E-state index in [0.29, 0.717) is 11.3 Å². The third kappa shape index (κ3) is 7.96. The minimum Gasteiger partial charge on any atom is -0.510 e. The number of aliphatic hydroxyl groups is 3. The van der Waals surface area contributed by atoms with Gasteiger partial charge in [0.05, 0.1) is 22.9 Å². The van der Waals surface area contributed by atoms with E-state index < -0.39 is 101 Å². The minimum atomic E-state index is -2.82. The lowest BCUT2D eigenvalue weighted by Gasteiger charge is -2.50. The molecule has 5 rings (SSSR count). The summed E-state index contributed by atoms with van der Waals surface area (Å²) in [6, 6.07) is 7.13. The summed E-state index contributed by atoms with van der Waals surface area (Å²) >= 11 is 0. The summed E-state index contributed by atoms with van der Waals surface area (Å²) in [4.78, 5) is 84.1. The lowest BCUT2D eigenvalue weighted by Crippen LogP contribution is -2.63. The smallest absolute Gasteiger partial charge is 0.413 e. The maximum atomic E-state index is 14.4. The Kier molecular flexibility index (Phi) is 11.7. The number of ether oxygens (including phenoxy) is 2. The fourth-order valence-corrected chi connectivity index (χ4v) is 8.10. The number of amides is 3. The fourth-order valence-electron chi connectivity index (χ4n) is 8.10. The molecule has 0 saturated heterocycles. The van der Waals surface area contributed by atoms with Crippen LogP contribution >= 0.6 is 0 Å². The van der Waals surface area contributed by atoms with Crippen molar-refractivity contribution in [1.82, 2.24) is 9.80 Å². The van der Waals surface area contributed by atoms with Crippen LogP contribution in [0.3, 0.4) is 0 Å². The van der Waals surface area contributed by atoms with Crippen molar-refractivity contribution in [3.63, 3.8) is 0 Å². The Labute approximate surface area is 342 Å². The van der Waals surface area contributed by atoms with Crippen LogP contribution in [-0.2, 0) is 35.7 Å². The zero-order valence-corrected chi connectivity index (χ0v) is 34.9. The lowest BCUT2D eigenvalue weighted by atomic mass is 9.58. The molecule has 0 spiro atoms. The molecule has 2 aromatic rings. The summed E-state index contributed by atoms with van der Waals surface area (Å²) < 4.78 is 10.4. The predicted octanol–water partition coefficient (Wildman–Crippen LogP) is 3.47. The molecule has 0 saturated carbocycles. The van der Waals surface area contributed by atoms with E-state index in [1.807, 2.05) is 20.8 Å². The molecule has 0 radical (unpaired) electrons. The monoisotopic (exact) mass is 819 g/mol. The van der Waals surface area contributed by atoms with E-state index in [1.165, 1.54) is 11.0 Å². The maximum absolute atomic E-state index is 14.4. The third-order valence-corrected chi connectivity index (χ3v) is 11.1. The normalized spacial score (nSPS) is 21.7. The molecule has 3 aliphatic carbocycles. The molecular formula is C42H53N5O12. The molecule has 17 heteroatoms. The number of allylic oxidation sites excluding steroid dienone is 1. The number of nitrogens with zero attached hydrogens (tertiary/aromatic N) is 3. The molecule has 2 unspecified atom stereocenters. The van der Waals surface area contributed by atoms with Gasteiger partial charge in [-0.25, -0.2) is 9.59 Å². The summed E-state index contributed by atoms with van der Waals surface area (Å²) in [5.41, 5.74) is 1.69. The number of aliphatic hydroxyl groups excluding tert-OH is 2. The number of phenolic OH excluding ortho intramolecular Hbond substituents is 1. The van der Waals surface area contributed by atoms with Crippen LogP contribution in [0, 0.1) is 11.8 Å². The number of primary amides is 1. The number of nitrogens with one attached hydrogen (secondary N) is 1. The molecule has 3 aliphatic rings. The molecule has 0 aromatic heterocycles. The van der Waals surface area contributed by atoms with Crippen molar-refractivity contribution >= 4 is 46.8 Å². The standard InChI is InChI=1S/C42H53N5O12/c1-40(2,3)22-13-11-20(12-14-22)38(55)58-19-59-39(56)47(41(4,5)6)18-27(48)44-25-17-26(45(7)8)23-15-21-16-24-31(46(9)10)34(51)30(37(43)54)36(53)42(24,57)35(52)28(21)33(50)29(23)32(25)49/h11-14,17,21,24,31,49,51-52,57H,15-16,18-19H2,1-10H3,(H2,43,54)(H,44,48)/t21?,24?,31-,42-/m0/s1. The molecule has 0 bridgehead atoms. The van der Waals surface area contributed by atoms with E-state index in [-0.39, 0.29) is 40.6 Å². The molecule has 17 nitrogen and oxygen atoms in total. The molecule has 0 fully saturated rings. The first-order chi connectivity index (χ1) is 27.2. The first-order valence-electron chi connectivity index (χ1n) is 19.0. The number of ketones is 2. The van der Waals surface area contributed by atoms with Crippen molar-refractivity contribution in [2.45, 2.75) is 77.0 Å². The van der Waals surface area contributed by atoms with Crippen molar-refractivity contribution in [2.24, 2.45) is 17.6 Å². The van der Waals surface area contributed by atoms with Gasteiger partial charge in [0.15, 0.2) is 17.1 Å². The van der Waals surface area contributed by atoms with Gasteiger partial charge in [-0.2, -0.15) is 0 Å². The van der Waals surface area contributed by atoms with Gasteiger partial charge in [-0.15, -0.1) is 0 Å². The van der Waals surface area contributed by atoms with Crippen LogP contribution in [0.1, 0.15) is 79.8 Å². The number of benzene rings is 2. The Balaban J connectivity index is 1.40. The van der Waals surface area contributed by atoms with E-state index in [4.69, 9.17) is 15.2 Å². The number of esters is 1. The van der Waals surface area contributed by atoms with Crippen LogP contribution in [0.2, 0.25) is 0 Å². The van der Waals surface area contributed by atoms with Crippen molar-refractivity contribution in [1.29, 1.82) is 0 Å². The molecule has 4 atom stereocenters. The van der Waals surface area contributed by atoms with Crippen LogP contribution in [0.5, 0.6) is 5.75 Å². The second kappa shape index (κ2) is 15.7. The van der Waals surface area contributed by atoms with Gasteiger partial charge in [-0.05, 0) is 88.4 Å². The Morgan fingerprint density at radius 2 is 1.56 bits per heavy atom. The largest absolute Gasteiger partial charge is 0.510 e. The topological polar surface area (TPSA) is 250 Å². The predicted molar refractivity (Wildman–Crippen MR) is 215 cm³/mol. The maximum Gasteiger partial charge on any atom is 0.413 e. The van der Waals surface area contributed by atoms with Crippen molar-refractivity contribution in [3.8, 4) is 5.75 Å². The van der Waals surface area contributed by atoms with Gasteiger partial charge in [0.25, 0.3) is 5.91 Å². The number of fused-ring (bicyclic) bond motifs is 3. The van der Waals surface area contributed by atoms with Gasteiger partial charge >= 0.3 is 12.1 Å². The number of carbonyl (C=O) groups is 6. The van der Waals surface area contributed by atoms with E-state index in [2.05, 4.69) is 5.32 Å². The molecule has 318 valence electrons. The number of anilines is 2. The van der Waals surface area contributed by atoms with Crippen molar-refractivity contribution in [3.05, 3.63) is 75.3 Å². The summed E-state index contributed by atoms with van der Waals surface area (Å²) in [7, 11) is 6.43. The Morgan fingerprint density at radius 3 is 2.08 bits per heavy atom. The van der Waals surface area contributed by atoms with Crippen LogP contribution in [0.15, 0.2) is 53.0 Å². The van der Waals surface area contributed by atoms with Gasteiger partial charge in [0.1, 0.15) is 23.6 Å². The molecule has 0 heterocycles. The number of Topliss-reactive ketones (excluding diaryl/α,β-unsaturated/α-hetero) is 2. The Morgan fingerprint density at radius 1 is 0.949 bits per heavy atom. The number of likely N-dealkylation sites (N-methyl/N-ethyl adjacent to an activating group) is 1. The highest BCUT2D eigenvalue weighted by molar-refractivity contribution is 6.25. The second-order valence-corrected chi connectivity index (χ2v) is 17.6. The summed E-state index contributed by atoms with van der Waals surface area (Å²) in [6.07, 6.45) is -1.05. The summed E-state index contributed by atoms with van der Waals surface area (Å²) in [6.45, 7) is 9.69. The van der Waals surface area contributed by atoms with E-state index >= 15 is 0 Å². The number of hydrogen-bond acceptors (Lipinski definition) is 14. The minimum absolute atomic E-state index is 0.0281. The first kappa shape index (κ1) is 44.2. The highest BCUT2D eigenvalue weighted by Gasteiger charge is 2.63. The number of rotatable bonds is 9. The number of hydrogen-bond donors (Lipinski definition) is 6. The molecule has 3 amide bonds. The molecule has 59 heavy (non-hydrogen) atoms. The van der Waals surface area contributed by atoms with Gasteiger partial charge in [-0.1, -0.05) is 32.9 Å². The second-order valence-electron chi connectivity index (χ2n) is 17.6.